The molecule has 0 amide bonds. The molecule has 0 saturated carbocycles. The third kappa shape index (κ3) is 3.66. The number of aromatic nitrogens is 1. The lowest BCUT2D eigenvalue weighted by atomic mass is 10.1. The second-order valence-electron chi connectivity index (χ2n) is 3.97. The monoisotopic (exact) mass is 319 g/mol. The van der Waals surface area contributed by atoms with Crippen LogP contribution in [0.15, 0.2) is 53.1 Å². The predicted octanol–water partition coefficient (Wildman–Crippen LogP) is 3.60. The highest BCUT2D eigenvalue weighted by atomic mass is 79.9. The average Bonchev–Trinajstić information content (AvgIpc) is 2.46. The molecular formula is C15H14BrNO2. The summed E-state index contributed by atoms with van der Waals surface area (Å²) < 4.78 is 5.95. The molecule has 1 atom stereocenters. The van der Waals surface area contributed by atoms with Gasteiger partial charge >= 0.3 is 0 Å². The Morgan fingerprint density at radius 1 is 1.32 bits per heavy atom. The highest BCUT2D eigenvalue weighted by Crippen LogP contribution is 2.27. The van der Waals surface area contributed by atoms with E-state index >= 15 is 0 Å². The number of nitrogens with zero attached hydrogens (tertiary/aromatic N) is 1. The maximum Gasteiger partial charge on any atom is 0.219 e. The fourth-order valence-electron chi connectivity index (χ4n) is 1.69. The van der Waals surface area contributed by atoms with Crippen LogP contribution in [-0.2, 0) is 0 Å². The zero-order valence-corrected chi connectivity index (χ0v) is 12.0. The van der Waals surface area contributed by atoms with Crippen LogP contribution in [-0.4, -0.2) is 17.2 Å². The molecule has 2 rings (SSSR count). The Morgan fingerprint density at radius 2 is 2.05 bits per heavy atom. The predicted molar refractivity (Wildman–Crippen MR) is 78.9 cm³/mol. The molecule has 0 bridgehead atoms. The van der Waals surface area contributed by atoms with Crippen molar-refractivity contribution in [2.75, 3.05) is 7.11 Å². The third-order valence-corrected chi connectivity index (χ3v) is 3.06. The Morgan fingerprint density at radius 3 is 2.74 bits per heavy atom. The van der Waals surface area contributed by atoms with Gasteiger partial charge in [0, 0.05) is 16.2 Å². The molecule has 2 aromatic rings. The van der Waals surface area contributed by atoms with Crippen LogP contribution < -0.4 is 4.74 Å². The quantitative estimate of drug-likeness (QED) is 0.936. The molecule has 19 heavy (non-hydrogen) atoms. The van der Waals surface area contributed by atoms with Gasteiger partial charge in [0.05, 0.1) is 7.11 Å². The van der Waals surface area contributed by atoms with Crippen LogP contribution in [0.4, 0.5) is 0 Å². The number of ether oxygens (including phenoxy) is 1. The van der Waals surface area contributed by atoms with Crippen molar-refractivity contribution in [2.45, 2.75) is 6.10 Å². The Labute approximate surface area is 120 Å². The van der Waals surface area contributed by atoms with E-state index in [0.717, 1.165) is 10.0 Å². The van der Waals surface area contributed by atoms with Crippen molar-refractivity contribution >= 4 is 22.0 Å². The number of methoxy groups -OCH3 is 1. The van der Waals surface area contributed by atoms with Crippen LogP contribution in [0.3, 0.4) is 0 Å². The van der Waals surface area contributed by atoms with Gasteiger partial charge in [-0.25, -0.2) is 4.98 Å². The molecule has 0 aliphatic rings. The van der Waals surface area contributed by atoms with Gasteiger partial charge in [-0.05, 0) is 27.6 Å². The summed E-state index contributed by atoms with van der Waals surface area (Å²) >= 11 is 3.34. The summed E-state index contributed by atoms with van der Waals surface area (Å²) in [6.45, 7) is 0. The minimum atomic E-state index is -0.764. The molecule has 98 valence electrons. The summed E-state index contributed by atoms with van der Waals surface area (Å²) in [5.41, 5.74) is 1.66. The normalized spacial score (nSPS) is 12.6. The Bertz CT molecular complexity index is 570. The molecule has 1 aromatic carbocycles. The molecule has 1 unspecified atom stereocenters. The summed E-state index contributed by atoms with van der Waals surface area (Å²) in [6, 6.07) is 11.6. The third-order valence-electron chi connectivity index (χ3n) is 2.63. The first-order chi connectivity index (χ1) is 9.20. The molecule has 0 aliphatic carbocycles. The molecule has 1 aromatic heterocycles. The van der Waals surface area contributed by atoms with E-state index < -0.39 is 6.10 Å². The Hall–Kier alpha value is -1.65. The number of rotatable bonds is 4. The highest BCUT2D eigenvalue weighted by molar-refractivity contribution is 9.10. The highest BCUT2D eigenvalue weighted by Gasteiger charge is 2.12. The van der Waals surface area contributed by atoms with Crippen molar-refractivity contribution < 1.29 is 9.84 Å². The van der Waals surface area contributed by atoms with Gasteiger partial charge in [-0.3, -0.25) is 0 Å². The molecule has 3 nitrogen and oxygen atoms in total. The summed E-state index contributed by atoms with van der Waals surface area (Å²) in [7, 11) is 1.54. The Balaban J connectivity index is 2.22. The number of benzene rings is 1. The summed E-state index contributed by atoms with van der Waals surface area (Å²) in [5, 5.41) is 10.2. The molecule has 0 saturated heterocycles. The van der Waals surface area contributed by atoms with E-state index in [4.69, 9.17) is 4.74 Å². The average molecular weight is 320 g/mol. The Kier molecular flexibility index (Phi) is 4.71. The lowest BCUT2D eigenvalue weighted by Gasteiger charge is -2.10. The van der Waals surface area contributed by atoms with Gasteiger partial charge < -0.3 is 9.84 Å². The standard InChI is InChI=1S/C15H14BrNO2/c1-19-15-13(9-12(16)10-17-15)14(18)8-7-11-5-3-2-4-6-11/h2-10,14,18H,1H3. The first kappa shape index (κ1) is 13.8. The van der Waals surface area contributed by atoms with Crippen molar-refractivity contribution in [3.05, 3.63) is 64.3 Å². The van der Waals surface area contributed by atoms with Gasteiger partial charge in [0.1, 0.15) is 6.10 Å². The van der Waals surface area contributed by atoms with Gasteiger partial charge in [0.25, 0.3) is 0 Å². The van der Waals surface area contributed by atoms with Gasteiger partial charge in [-0.15, -0.1) is 0 Å². The van der Waals surface area contributed by atoms with E-state index in [9.17, 15) is 5.11 Å². The summed E-state index contributed by atoms with van der Waals surface area (Å²) in [4.78, 5) is 4.11. The van der Waals surface area contributed by atoms with Crippen LogP contribution >= 0.6 is 15.9 Å². The fraction of sp³-hybridized carbons (Fsp3) is 0.133. The van der Waals surface area contributed by atoms with E-state index in [1.807, 2.05) is 36.4 Å². The molecule has 0 fully saturated rings. The number of aliphatic hydroxyl groups is 1. The molecule has 0 radical (unpaired) electrons. The van der Waals surface area contributed by atoms with E-state index in [-0.39, 0.29) is 0 Å². The number of hydrogen-bond acceptors (Lipinski definition) is 3. The van der Waals surface area contributed by atoms with Crippen LogP contribution in [0, 0.1) is 0 Å². The van der Waals surface area contributed by atoms with Gasteiger partial charge in [0.2, 0.25) is 5.88 Å². The van der Waals surface area contributed by atoms with Crippen LogP contribution in [0.1, 0.15) is 17.2 Å². The van der Waals surface area contributed by atoms with Crippen molar-refractivity contribution in [3.63, 3.8) is 0 Å². The fourth-order valence-corrected chi connectivity index (χ4v) is 2.04. The molecule has 1 N–H and O–H groups in total. The SMILES string of the molecule is COc1ncc(Br)cc1C(O)C=Cc1ccccc1. The first-order valence-electron chi connectivity index (χ1n) is 5.81. The molecule has 0 spiro atoms. The van der Waals surface area contributed by atoms with E-state index in [2.05, 4.69) is 20.9 Å². The maximum absolute atomic E-state index is 10.2. The van der Waals surface area contributed by atoms with Crippen LogP contribution in [0.2, 0.25) is 0 Å². The van der Waals surface area contributed by atoms with Crippen molar-refractivity contribution in [2.24, 2.45) is 0 Å². The van der Waals surface area contributed by atoms with Gasteiger partial charge in [-0.1, -0.05) is 42.5 Å². The second kappa shape index (κ2) is 6.50. The summed E-state index contributed by atoms with van der Waals surface area (Å²) in [6.07, 6.45) is 4.45. The number of halogens is 1. The molecular weight excluding hydrogens is 306 g/mol. The largest absolute Gasteiger partial charge is 0.481 e. The number of hydrogen-bond donors (Lipinski definition) is 1. The zero-order valence-electron chi connectivity index (χ0n) is 10.5. The van der Waals surface area contributed by atoms with Gasteiger partial charge in [-0.2, -0.15) is 0 Å². The van der Waals surface area contributed by atoms with E-state index in [1.165, 1.54) is 7.11 Å². The van der Waals surface area contributed by atoms with Crippen molar-refractivity contribution in [1.29, 1.82) is 0 Å². The molecule has 0 aliphatic heterocycles. The smallest absolute Gasteiger partial charge is 0.219 e. The van der Waals surface area contributed by atoms with E-state index in [0.29, 0.717) is 11.4 Å². The lowest BCUT2D eigenvalue weighted by molar-refractivity contribution is 0.222. The lowest BCUT2D eigenvalue weighted by Crippen LogP contribution is -2.00. The van der Waals surface area contributed by atoms with Crippen LogP contribution in [0.25, 0.3) is 6.08 Å². The second-order valence-corrected chi connectivity index (χ2v) is 4.88. The molecule has 1 heterocycles. The van der Waals surface area contributed by atoms with Crippen LogP contribution in [0.5, 0.6) is 5.88 Å². The summed E-state index contributed by atoms with van der Waals surface area (Å²) in [5.74, 6) is 0.424. The number of aliphatic hydroxyl groups excluding tert-OH is 1. The van der Waals surface area contributed by atoms with Crippen molar-refractivity contribution in [3.8, 4) is 5.88 Å². The van der Waals surface area contributed by atoms with E-state index in [1.54, 1.807) is 18.3 Å². The topological polar surface area (TPSA) is 42.4 Å². The minimum absolute atomic E-state index is 0.424. The first-order valence-corrected chi connectivity index (χ1v) is 6.61. The van der Waals surface area contributed by atoms with Gasteiger partial charge in [0.15, 0.2) is 0 Å². The zero-order chi connectivity index (χ0) is 13.7. The number of pyridine rings is 1. The molecule has 4 heteroatoms. The minimum Gasteiger partial charge on any atom is -0.481 e. The van der Waals surface area contributed by atoms with Crippen molar-refractivity contribution in [1.82, 2.24) is 4.98 Å². The maximum atomic E-state index is 10.2.